The Morgan fingerprint density at radius 1 is 1.53 bits per heavy atom. The van der Waals surface area contributed by atoms with Crippen LogP contribution in [0.15, 0.2) is 39.3 Å². The number of pyridine rings is 1. The van der Waals surface area contributed by atoms with Crippen molar-refractivity contribution in [1.82, 2.24) is 9.97 Å². The van der Waals surface area contributed by atoms with Gasteiger partial charge >= 0.3 is 5.97 Å². The molecule has 0 aliphatic heterocycles. The molecule has 0 unspecified atom stereocenters. The van der Waals surface area contributed by atoms with Crippen LogP contribution in [0.1, 0.15) is 10.5 Å². The van der Waals surface area contributed by atoms with Gasteiger partial charge in [0.2, 0.25) is 0 Å². The lowest BCUT2D eigenvalue weighted by Crippen LogP contribution is -2.05. The van der Waals surface area contributed by atoms with Gasteiger partial charge in [-0.2, -0.15) is 0 Å². The number of nitrogens with two attached hydrogens (primary N) is 1. The third-order valence-electron chi connectivity index (χ3n) is 1.88. The van der Waals surface area contributed by atoms with Gasteiger partial charge in [-0.25, -0.2) is 14.8 Å². The summed E-state index contributed by atoms with van der Waals surface area (Å²) in [6, 6.07) is 3.09. The molecule has 0 bridgehead atoms. The van der Waals surface area contributed by atoms with Crippen LogP contribution in [0.25, 0.3) is 0 Å². The van der Waals surface area contributed by atoms with Crippen LogP contribution in [0.2, 0.25) is 0 Å². The van der Waals surface area contributed by atoms with Crippen molar-refractivity contribution in [3.05, 3.63) is 30.3 Å². The van der Waals surface area contributed by atoms with Crippen molar-refractivity contribution in [2.75, 3.05) is 12.8 Å². The molecule has 0 saturated heterocycles. The number of hydrogen-bond donors (Lipinski definition) is 1. The zero-order valence-corrected chi connectivity index (χ0v) is 9.73. The molecule has 7 heteroatoms. The van der Waals surface area contributed by atoms with E-state index in [4.69, 9.17) is 10.2 Å². The highest BCUT2D eigenvalue weighted by atomic mass is 32.2. The standard InChI is InChI=1S/C10H9N3O3S/c1-15-9(14)7-3-2-6(11)8(13-7)17-10-12-4-5-16-10/h2-5H,11H2,1H3. The average Bonchev–Trinajstić information content (AvgIpc) is 2.84. The summed E-state index contributed by atoms with van der Waals surface area (Å²) in [5.74, 6) is -0.515. The van der Waals surface area contributed by atoms with Crippen molar-refractivity contribution < 1.29 is 13.9 Å². The third-order valence-corrected chi connectivity index (χ3v) is 2.77. The van der Waals surface area contributed by atoms with Gasteiger partial charge in [0.1, 0.15) is 17.0 Å². The fourth-order valence-electron chi connectivity index (χ4n) is 1.09. The first-order valence-corrected chi connectivity index (χ1v) is 5.44. The van der Waals surface area contributed by atoms with Crippen molar-refractivity contribution in [2.24, 2.45) is 0 Å². The molecule has 2 rings (SSSR count). The van der Waals surface area contributed by atoms with Crippen LogP contribution in [0.5, 0.6) is 0 Å². The van der Waals surface area contributed by atoms with Crippen LogP contribution < -0.4 is 5.73 Å². The molecule has 88 valence electrons. The Bertz CT molecular complexity index is 528. The maximum absolute atomic E-state index is 11.3. The van der Waals surface area contributed by atoms with E-state index in [1.807, 2.05) is 0 Å². The molecular formula is C10H9N3O3S. The van der Waals surface area contributed by atoms with Crippen molar-refractivity contribution in [3.8, 4) is 0 Å². The van der Waals surface area contributed by atoms with Crippen LogP contribution in [-0.2, 0) is 4.74 Å². The van der Waals surface area contributed by atoms with E-state index in [0.717, 1.165) is 11.8 Å². The Labute approximate surface area is 101 Å². The van der Waals surface area contributed by atoms with Gasteiger partial charge in [0, 0.05) is 0 Å². The molecule has 0 aliphatic rings. The summed E-state index contributed by atoms with van der Waals surface area (Å²) in [6.07, 6.45) is 2.96. The normalized spacial score (nSPS) is 10.2. The smallest absolute Gasteiger partial charge is 0.356 e. The first kappa shape index (κ1) is 11.5. The molecule has 0 fully saturated rings. The molecule has 0 spiro atoms. The molecule has 0 saturated carbocycles. The average molecular weight is 251 g/mol. The molecule has 0 aliphatic carbocycles. The lowest BCUT2D eigenvalue weighted by Gasteiger charge is -2.04. The minimum Gasteiger partial charge on any atom is -0.464 e. The van der Waals surface area contributed by atoms with Gasteiger partial charge < -0.3 is 14.9 Å². The lowest BCUT2D eigenvalue weighted by molar-refractivity contribution is 0.0593. The monoisotopic (exact) mass is 251 g/mol. The molecule has 17 heavy (non-hydrogen) atoms. The zero-order valence-electron chi connectivity index (χ0n) is 8.91. The van der Waals surface area contributed by atoms with E-state index in [-0.39, 0.29) is 5.69 Å². The Morgan fingerprint density at radius 3 is 3.00 bits per heavy atom. The van der Waals surface area contributed by atoms with Gasteiger partial charge in [0.05, 0.1) is 19.0 Å². The number of rotatable bonds is 3. The number of esters is 1. The fraction of sp³-hybridized carbons (Fsp3) is 0.100. The van der Waals surface area contributed by atoms with Gasteiger partial charge in [-0.3, -0.25) is 0 Å². The SMILES string of the molecule is COC(=O)c1ccc(N)c(Sc2ncco2)n1. The first-order chi connectivity index (χ1) is 8.20. The topological polar surface area (TPSA) is 91.2 Å². The number of aromatic nitrogens is 2. The molecular weight excluding hydrogens is 242 g/mol. The molecule has 0 atom stereocenters. The number of carbonyl (C=O) groups excluding carboxylic acids is 1. The van der Waals surface area contributed by atoms with Crippen LogP contribution in [0, 0.1) is 0 Å². The minimum absolute atomic E-state index is 0.191. The molecule has 6 nitrogen and oxygen atoms in total. The van der Waals surface area contributed by atoms with Crippen LogP contribution in [0.4, 0.5) is 5.69 Å². The van der Waals surface area contributed by atoms with Gasteiger partial charge in [0.25, 0.3) is 5.22 Å². The zero-order chi connectivity index (χ0) is 12.3. The predicted molar refractivity (Wildman–Crippen MR) is 60.6 cm³/mol. The van der Waals surface area contributed by atoms with E-state index in [1.165, 1.54) is 25.6 Å². The van der Waals surface area contributed by atoms with Gasteiger partial charge in [0.15, 0.2) is 0 Å². The lowest BCUT2D eigenvalue weighted by atomic mass is 10.3. The van der Waals surface area contributed by atoms with Crippen LogP contribution in [-0.4, -0.2) is 23.0 Å². The van der Waals surface area contributed by atoms with E-state index in [1.54, 1.807) is 6.07 Å². The summed E-state index contributed by atoms with van der Waals surface area (Å²) >= 11 is 1.14. The highest BCUT2D eigenvalue weighted by Crippen LogP contribution is 2.29. The first-order valence-electron chi connectivity index (χ1n) is 4.63. The van der Waals surface area contributed by atoms with E-state index < -0.39 is 5.97 Å². The number of hydrogen-bond acceptors (Lipinski definition) is 7. The largest absolute Gasteiger partial charge is 0.464 e. The summed E-state index contributed by atoms with van der Waals surface area (Å²) in [6.45, 7) is 0. The maximum atomic E-state index is 11.3. The third kappa shape index (κ3) is 2.56. The summed E-state index contributed by atoms with van der Waals surface area (Å²) in [5, 5.41) is 0.863. The van der Waals surface area contributed by atoms with Gasteiger partial charge in [-0.1, -0.05) is 0 Å². The second-order valence-electron chi connectivity index (χ2n) is 2.98. The Hall–Kier alpha value is -2.02. The quantitative estimate of drug-likeness (QED) is 0.828. The number of anilines is 1. The Balaban J connectivity index is 2.29. The number of methoxy groups -OCH3 is 1. The molecule has 0 aromatic carbocycles. The second-order valence-corrected chi connectivity index (χ2v) is 3.92. The molecule has 2 N–H and O–H groups in total. The summed E-state index contributed by atoms with van der Waals surface area (Å²) < 4.78 is 9.63. The van der Waals surface area contributed by atoms with Crippen molar-refractivity contribution in [2.45, 2.75) is 10.2 Å². The summed E-state index contributed by atoms with van der Waals surface area (Å²) in [4.78, 5) is 19.3. The van der Waals surface area contributed by atoms with E-state index in [0.29, 0.717) is 15.9 Å². The highest BCUT2D eigenvalue weighted by Gasteiger charge is 2.12. The number of oxazole rings is 1. The summed E-state index contributed by atoms with van der Waals surface area (Å²) in [5.41, 5.74) is 6.38. The number of nitrogens with zero attached hydrogens (tertiary/aromatic N) is 2. The van der Waals surface area contributed by atoms with Gasteiger partial charge in [-0.05, 0) is 23.9 Å². The van der Waals surface area contributed by atoms with Crippen molar-refractivity contribution in [1.29, 1.82) is 0 Å². The number of carbonyl (C=O) groups is 1. The number of ether oxygens (including phenoxy) is 1. The van der Waals surface area contributed by atoms with Crippen LogP contribution >= 0.6 is 11.8 Å². The van der Waals surface area contributed by atoms with Crippen molar-refractivity contribution in [3.63, 3.8) is 0 Å². The predicted octanol–water partition coefficient (Wildman–Crippen LogP) is 1.59. The molecule has 2 aromatic rings. The van der Waals surface area contributed by atoms with Gasteiger partial charge in [-0.15, -0.1) is 0 Å². The number of nitrogen functional groups attached to an aromatic ring is 1. The second kappa shape index (κ2) is 4.88. The maximum Gasteiger partial charge on any atom is 0.356 e. The van der Waals surface area contributed by atoms with E-state index in [2.05, 4.69) is 14.7 Å². The molecule has 2 aromatic heterocycles. The van der Waals surface area contributed by atoms with Crippen LogP contribution in [0.3, 0.4) is 0 Å². The van der Waals surface area contributed by atoms with Crippen molar-refractivity contribution >= 4 is 23.4 Å². The fourth-order valence-corrected chi connectivity index (χ4v) is 1.81. The minimum atomic E-state index is -0.515. The Morgan fingerprint density at radius 2 is 2.35 bits per heavy atom. The molecule has 0 radical (unpaired) electrons. The van der Waals surface area contributed by atoms with E-state index in [9.17, 15) is 4.79 Å². The molecule has 0 amide bonds. The highest BCUT2D eigenvalue weighted by molar-refractivity contribution is 7.99. The summed E-state index contributed by atoms with van der Waals surface area (Å²) in [7, 11) is 1.29. The Kier molecular flexibility index (Phi) is 3.29. The van der Waals surface area contributed by atoms with E-state index >= 15 is 0 Å². The molecule has 2 heterocycles.